The normalized spacial score (nSPS) is 17.8. The van der Waals surface area contributed by atoms with Crippen molar-refractivity contribution in [3.63, 3.8) is 0 Å². The molecule has 0 radical (unpaired) electrons. The number of hydrogen-bond acceptors (Lipinski definition) is 4. The third-order valence-corrected chi connectivity index (χ3v) is 4.53. The lowest BCUT2D eigenvalue weighted by Gasteiger charge is -2.22. The molecule has 0 aromatic heterocycles. The van der Waals surface area contributed by atoms with Gasteiger partial charge >= 0.3 is 5.97 Å². The third-order valence-electron chi connectivity index (χ3n) is 3.42. The predicted molar refractivity (Wildman–Crippen MR) is 78.1 cm³/mol. The Kier molecular flexibility index (Phi) is 7.94. The second-order valence-electron chi connectivity index (χ2n) is 5.01. The molecule has 1 N–H and O–H groups in total. The first-order chi connectivity index (χ1) is 9.13. The molecule has 5 heteroatoms. The lowest BCUT2D eigenvalue weighted by atomic mass is 9.89. The van der Waals surface area contributed by atoms with Crippen LogP contribution in [0.15, 0.2) is 0 Å². The highest BCUT2D eigenvalue weighted by molar-refractivity contribution is 8.01. The summed E-state index contributed by atoms with van der Waals surface area (Å²) in [4.78, 5) is 23.1. The highest BCUT2D eigenvalue weighted by Gasteiger charge is 2.18. The number of carbonyl (C=O) groups is 2. The maximum absolute atomic E-state index is 11.9. The van der Waals surface area contributed by atoms with Gasteiger partial charge in [-0.3, -0.25) is 9.59 Å². The second kappa shape index (κ2) is 9.23. The summed E-state index contributed by atoms with van der Waals surface area (Å²) in [6.07, 6.45) is 6.35. The van der Waals surface area contributed by atoms with Gasteiger partial charge in [0.05, 0.1) is 17.6 Å². The molecule has 0 saturated heterocycles. The molecule has 0 aromatic carbocycles. The minimum Gasteiger partial charge on any atom is -0.465 e. The van der Waals surface area contributed by atoms with E-state index in [0.29, 0.717) is 12.5 Å². The minimum atomic E-state index is -0.251. The van der Waals surface area contributed by atoms with Crippen molar-refractivity contribution in [3.05, 3.63) is 0 Å². The number of amides is 1. The predicted octanol–water partition coefficient (Wildman–Crippen LogP) is 2.37. The van der Waals surface area contributed by atoms with Crippen molar-refractivity contribution < 1.29 is 14.3 Å². The molecule has 0 spiro atoms. The Labute approximate surface area is 120 Å². The smallest absolute Gasteiger partial charge is 0.315 e. The Morgan fingerprint density at radius 3 is 2.63 bits per heavy atom. The lowest BCUT2D eigenvalue weighted by molar-refractivity contribution is -0.139. The van der Waals surface area contributed by atoms with Crippen LogP contribution in [0.2, 0.25) is 0 Å². The maximum Gasteiger partial charge on any atom is 0.315 e. The quantitative estimate of drug-likeness (QED) is 0.730. The summed E-state index contributed by atoms with van der Waals surface area (Å²) in [5, 5.41) is 2.80. The van der Waals surface area contributed by atoms with Crippen molar-refractivity contribution in [2.45, 2.75) is 51.2 Å². The molecule has 19 heavy (non-hydrogen) atoms. The van der Waals surface area contributed by atoms with Gasteiger partial charge in [-0.2, -0.15) is 0 Å². The first kappa shape index (κ1) is 16.3. The molecular weight excluding hydrogens is 262 g/mol. The second-order valence-corrected chi connectivity index (χ2v) is 6.34. The van der Waals surface area contributed by atoms with Gasteiger partial charge in [0, 0.05) is 6.54 Å². The maximum atomic E-state index is 11.9. The van der Waals surface area contributed by atoms with E-state index in [1.165, 1.54) is 43.9 Å². The molecule has 0 aromatic rings. The standard InChI is InChI=1S/C14H25NO3S/c1-3-18-13(16)10-19-11(2)14(17)15-9-12-7-5-4-6-8-12/h11-12H,3-10H2,1-2H3,(H,15,17). The zero-order valence-corrected chi connectivity index (χ0v) is 12.8. The summed E-state index contributed by atoms with van der Waals surface area (Å²) in [5.74, 6) is 0.658. The van der Waals surface area contributed by atoms with Gasteiger partial charge in [-0.1, -0.05) is 19.3 Å². The number of ether oxygens (including phenoxy) is 1. The number of nitrogens with one attached hydrogen (secondary N) is 1. The first-order valence-corrected chi connectivity index (χ1v) is 8.23. The topological polar surface area (TPSA) is 55.4 Å². The first-order valence-electron chi connectivity index (χ1n) is 7.18. The largest absolute Gasteiger partial charge is 0.465 e. The summed E-state index contributed by atoms with van der Waals surface area (Å²) >= 11 is 1.33. The Hall–Kier alpha value is -0.710. The number of esters is 1. The molecule has 1 aliphatic carbocycles. The molecule has 4 nitrogen and oxygen atoms in total. The van der Waals surface area contributed by atoms with Crippen molar-refractivity contribution in [1.29, 1.82) is 0 Å². The van der Waals surface area contributed by atoms with Gasteiger partial charge in [0.25, 0.3) is 0 Å². The molecule has 1 rings (SSSR count). The molecule has 0 bridgehead atoms. The van der Waals surface area contributed by atoms with Crippen LogP contribution < -0.4 is 5.32 Å². The Morgan fingerprint density at radius 2 is 2.00 bits per heavy atom. The lowest BCUT2D eigenvalue weighted by Crippen LogP contribution is -2.35. The number of hydrogen-bond donors (Lipinski definition) is 1. The van der Waals surface area contributed by atoms with Crippen molar-refractivity contribution in [2.75, 3.05) is 18.9 Å². The van der Waals surface area contributed by atoms with E-state index in [0.717, 1.165) is 6.54 Å². The fraction of sp³-hybridized carbons (Fsp3) is 0.857. The number of thioether (sulfide) groups is 1. The van der Waals surface area contributed by atoms with E-state index in [1.54, 1.807) is 6.92 Å². The molecule has 1 saturated carbocycles. The van der Waals surface area contributed by atoms with E-state index in [9.17, 15) is 9.59 Å². The third kappa shape index (κ3) is 6.85. The van der Waals surface area contributed by atoms with Crippen LogP contribution in [0.1, 0.15) is 46.0 Å². The van der Waals surface area contributed by atoms with E-state index >= 15 is 0 Å². The average molecular weight is 287 g/mol. The van der Waals surface area contributed by atoms with Gasteiger partial charge in [-0.15, -0.1) is 11.8 Å². The molecule has 1 atom stereocenters. The zero-order chi connectivity index (χ0) is 14.1. The molecule has 1 unspecified atom stereocenters. The van der Waals surface area contributed by atoms with Crippen LogP contribution in [-0.2, 0) is 14.3 Å². The summed E-state index contributed by atoms with van der Waals surface area (Å²) in [6.45, 7) is 4.79. The molecule has 1 amide bonds. The molecule has 1 fully saturated rings. The van der Waals surface area contributed by atoms with Gasteiger partial charge < -0.3 is 10.1 Å². The summed E-state index contributed by atoms with van der Waals surface area (Å²) in [7, 11) is 0. The summed E-state index contributed by atoms with van der Waals surface area (Å²) in [5.41, 5.74) is 0. The monoisotopic (exact) mass is 287 g/mol. The Balaban J connectivity index is 2.15. The van der Waals surface area contributed by atoms with E-state index in [4.69, 9.17) is 4.74 Å². The fourth-order valence-electron chi connectivity index (χ4n) is 2.25. The minimum absolute atomic E-state index is 0.0277. The molecule has 1 aliphatic rings. The van der Waals surface area contributed by atoms with Gasteiger partial charge in [-0.25, -0.2) is 0 Å². The number of carbonyl (C=O) groups excluding carboxylic acids is 2. The van der Waals surface area contributed by atoms with Crippen LogP contribution >= 0.6 is 11.8 Å². The van der Waals surface area contributed by atoms with E-state index in [-0.39, 0.29) is 22.9 Å². The molecule has 110 valence electrons. The molecule has 0 aliphatic heterocycles. The van der Waals surface area contributed by atoms with E-state index in [1.807, 2.05) is 6.92 Å². The van der Waals surface area contributed by atoms with Crippen LogP contribution in [0, 0.1) is 5.92 Å². The summed E-state index contributed by atoms with van der Waals surface area (Å²) in [6, 6.07) is 0. The van der Waals surface area contributed by atoms with Crippen molar-refractivity contribution >= 4 is 23.6 Å². The SMILES string of the molecule is CCOC(=O)CSC(C)C(=O)NCC1CCCCC1. The van der Waals surface area contributed by atoms with Crippen LogP contribution in [0.4, 0.5) is 0 Å². The fourth-order valence-corrected chi connectivity index (χ4v) is 2.96. The van der Waals surface area contributed by atoms with Crippen molar-refractivity contribution in [2.24, 2.45) is 5.92 Å². The van der Waals surface area contributed by atoms with Gasteiger partial charge in [-0.05, 0) is 32.6 Å². The average Bonchev–Trinajstić information content (AvgIpc) is 2.43. The summed E-state index contributed by atoms with van der Waals surface area (Å²) < 4.78 is 4.84. The Morgan fingerprint density at radius 1 is 1.32 bits per heavy atom. The molecule has 0 heterocycles. The van der Waals surface area contributed by atoms with Gasteiger partial charge in [0.15, 0.2) is 0 Å². The highest BCUT2D eigenvalue weighted by Crippen LogP contribution is 2.22. The van der Waals surface area contributed by atoms with Crippen molar-refractivity contribution in [1.82, 2.24) is 5.32 Å². The van der Waals surface area contributed by atoms with E-state index in [2.05, 4.69) is 5.32 Å². The highest BCUT2D eigenvalue weighted by atomic mass is 32.2. The van der Waals surface area contributed by atoms with Crippen LogP contribution in [0.25, 0.3) is 0 Å². The Bertz CT molecular complexity index is 290. The van der Waals surface area contributed by atoms with Gasteiger partial charge in [0.1, 0.15) is 0 Å². The van der Waals surface area contributed by atoms with E-state index < -0.39 is 0 Å². The molecular formula is C14H25NO3S. The van der Waals surface area contributed by atoms with Crippen LogP contribution in [0.5, 0.6) is 0 Å². The van der Waals surface area contributed by atoms with Gasteiger partial charge in [0.2, 0.25) is 5.91 Å². The number of rotatable bonds is 7. The zero-order valence-electron chi connectivity index (χ0n) is 11.9. The van der Waals surface area contributed by atoms with Crippen LogP contribution in [0.3, 0.4) is 0 Å². The van der Waals surface area contributed by atoms with Crippen LogP contribution in [-0.4, -0.2) is 36.0 Å². The van der Waals surface area contributed by atoms with Crippen molar-refractivity contribution in [3.8, 4) is 0 Å².